The molecular weight excluding hydrogens is 851 g/mol. The molecule has 0 saturated carbocycles. The molecule has 0 atom stereocenters. The summed E-state index contributed by atoms with van der Waals surface area (Å²) < 4.78 is 13.2. The molecule has 3 nitrogen and oxygen atoms in total. The van der Waals surface area contributed by atoms with Gasteiger partial charge in [0.25, 0.3) is 0 Å². The molecule has 14 rings (SSSR count). The van der Waals surface area contributed by atoms with Crippen LogP contribution in [0.5, 0.6) is 0 Å². The highest BCUT2D eigenvalue weighted by molar-refractivity contribution is 6.19. The van der Waals surface area contributed by atoms with Gasteiger partial charge in [0.1, 0.15) is 22.3 Å². The Labute approximate surface area is 409 Å². The van der Waals surface area contributed by atoms with Gasteiger partial charge < -0.3 is 8.83 Å². The molecule has 0 spiro atoms. The molecule has 70 heavy (non-hydrogen) atoms. The standard InChI is InChI=1S/C67H53NO2/c1-37-17-20-43(38(2)29-37)42(31-40-19-22-45-53(33-40)67(7,8)56-34-48(41-25-27-68-28-26-41)64-63(60(45)56)47-14-10-12-16-58(47)70-64)30-39-18-21-44-49-35-55-50(36-54(49)66(5,6)52(44)32-39)61-51(65(55,3)4)23-24-59-62(61)46-13-9-11-15-57(46)69-59/h9-29,31-36H,30H2,1-8H3/b42-31-. The number of benzene rings is 8. The molecule has 8 aromatic carbocycles. The molecule has 3 aliphatic carbocycles. The van der Waals surface area contributed by atoms with Crippen molar-refractivity contribution in [2.24, 2.45) is 0 Å². The first-order valence-electron chi connectivity index (χ1n) is 24.9. The van der Waals surface area contributed by atoms with Crippen LogP contribution in [-0.2, 0) is 22.7 Å². The van der Waals surface area contributed by atoms with Crippen LogP contribution in [0.3, 0.4) is 0 Å². The summed E-state index contributed by atoms with van der Waals surface area (Å²) in [6.07, 6.45) is 7.01. The van der Waals surface area contributed by atoms with Crippen LogP contribution in [0.15, 0.2) is 167 Å². The van der Waals surface area contributed by atoms with Crippen molar-refractivity contribution in [3.05, 3.63) is 219 Å². The van der Waals surface area contributed by atoms with Crippen molar-refractivity contribution >= 4 is 55.5 Å². The fourth-order valence-corrected chi connectivity index (χ4v) is 13.2. The predicted octanol–water partition coefficient (Wildman–Crippen LogP) is 17.9. The summed E-state index contributed by atoms with van der Waals surface area (Å²) in [4.78, 5) is 4.34. The minimum Gasteiger partial charge on any atom is -0.456 e. The number of hydrogen-bond acceptors (Lipinski definition) is 3. The second-order valence-corrected chi connectivity index (χ2v) is 22.0. The lowest BCUT2D eigenvalue weighted by molar-refractivity contribution is 0.650. The Bertz CT molecular complexity index is 4130. The number of pyridine rings is 1. The zero-order chi connectivity index (χ0) is 47.6. The van der Waals surface area contributed by atoms with E-state index < -0.39 is 0 Å². The molecule has 3 heterocycles. The fourth-order valence-electron chi connectivity index (χ4n) is 13.2. The average Bonchev–Trinajstić information content (AvgIpc) is 4.10. The van der Waals surface area contributed by atoms with Crippen LogP contribution in [-0.4, -0.2) is 4.98 Å². The van der Waals surface area contributed by atoms with Crippen molar-refractivity contribution in [3.8, 4) is 44.5 Å². The summed E-state index contributed by atoms with van der Waals surface area (Å²) in [5.41, 5.74) is 29.2. The lowest BCUT2D eigenvalue weighted by Gasteiger charge is -2.24. The van der Waals surface area contributed by atoms with E-state index >= 15 is 0 Å². The van der Waals surface area contributed by atoms with Crippen LogP contribution in [0.4, 0.5) is 0 Å². The minimum absolute atomic E-state index is 0.150. The molecule has 11 aromatic rings. The first-order valence-corrected chi connectivity index (χ1v) is 24.9. The van der Waals surface area contributed by atoms with E-state index in [0.29, 0.717) is 0 Å². The number of fused-ring (bicyclic) bond motifs is 17. The fraction of sp³-hybridized carbons (Fsp3) is 0.179. The Morgan fingerprint density at radius 3 is 1.90 bits per heavy atom. The zero-order valence-corrected chi connectivity index (χ0v) is 41.1. The van der Waals surface area contributed by atoms with E-state index in [4.69, 9.17) is 8.83 Å². The van der Waals surface area contributed by atoms with E-state index in [-0.39, 0.29) is 16.2 Å². The maximum Gasteiger partial charge on any atom is 0.143 e. The van der Waals surface area contributed by atoms with Gasteiger partial charge in [-0.05, 0) is 169 Å². The van der Waals surface area contributed by atoms with Gasteiger partial charge >= 0.3 is 0 Å². The van der Waals surface area contributed by atoms with E-state index in [2.05, 4.69) is 212 Å². The van der Waals surface area contributed by atoms with Gasteiger partial charge in [-0.1, -0.05) is 150 Å². The van der Waals surface area contributed by atoms with Crippen molar-refractivity contribution in [2.75, 3.05) is 0 Å². The van der Waals surface area contributed by atoms with Gasteiger partial charge in [-0.25, -0.2) is 0 Å². The van der Waals surface area contributed by atoms with Crippen LogP contribution in [0.25, 0.3) is 100 Å². The first kappa shape index (κ1) is 41.2. The predicted molar refractivity (Wildman–Crippen MR) is 291 cm³/mol. The molecule has 0 fully saturated rings. The van der Waals surface area contributed by atoms with E-state index in [9.17, 15) is 0 Å². The molecule has 0 N–H and O–H groups in total. The number of para-hydroxylation sites is 2. The quantitative estimate of drug-likeness (QED) is 0.162. The number of aryl methyl sites for hydroxylation is 2. The molecule has 0 bridgehead atoms. The third-order valence-corrected chi connectivity index (χ3v) is 16.8. The first-order chi connectivity index (χ1) is 33.8. The van der Waals surface area contributed by atoms with Crippen LogP contribution in [0.1, 0.15) is 103 Å². The number of rotatable bonds is 5. The summed E-state index contributed by atoms with van der Waals surface area (Å²) >= 11 is 0. The molecular formula is C67H53NO2. The Balaban J connectivity index is 0.879. The monoisotopic (exact) mass is 903 g/mol. The number of aromatic nitrogens is 1. The molecule has 0 amide bonds. The number of allylic oxidation sites excluding steroid dienone is 1. The van der Waals surface area contributed by atoms with E-state index in [1.54, 1.807) is 0 Å². The molecule has 3 heteroatoms. The van der Waals surface area contributed by atoms with E-state index in [1.807, 2.05) is 12.4 Å². The van der Waals surface area contributed by atoms with E-state index in [1.165, 1.54) is 116 Å². The largest absolute Gasteiger partial charge is 0.456 e. The van der Waals surface area contributed by atoms with Crippen LogP contribution in [0, 0.1) is 13.8 Å². The highest BCUT2D eigenvalue weighted by Gasteiger charge is 2.43. The highest BCUT2D eigenvalue weighted by atomic mass is 16.3. The third kappa shape index (κ3) is 5.61. The number of furan rings is 2. The van der Waals surface area contributed by atoms with Gasteiger partial charge in [-0.2, -0.15) is 0 Å². The molecule has 3 aromatic heterocycles. The summed E-state index contributed by atoms with van der Waals surface area (Å²) in [5, 5.41) is 4.76. The summed E-state index contributed by atoms with van der Waals surface area (Å²) in [5.74, 6) is 0. The van der Waals surface area contributed by atoms with Gasteiger partial charge in [-0.15, -0.1) is 0 Å². The molecule has 0 aliphatic heterocycles. The van der Waals surface area contributed by atoms with Gasteiger partial charge in [0.05, 0.1) is 0 Å². The average molecular weight is 904 g/mol. The maximum atomic E-state index is 6.74. The second kappa shape index (κ2) is 14.2. The molecule has 0 saturated heterocycles. The Hall–Kier alpha value is -7.75. The minimum atomic E-state index is -0.251. The van der Waals surface area contributed by atoms with Crippen LogP contribution < -0.4 is 0 Å². The third-order valence-electron chi connectivity index (χ3n) is 16.8. The lowest BCUT2D eigenvalue weighted by Crippen LogP contribution is -2.17. The summed E-state index contributed by atoms with van der Waals surface area (Å²) in [6.45, 7) is 18.9. The Kier molecular flexibility index (Phi) is 8.35. The molecule has 3 aliphatic rings. The normalized spacial score (nSPS) is 15.6. The lowest BCUT2D eigenvalue weighted by atomic mass is 9.79. The Morgan fingerprint density at radius 2 is 1.11 bits per heavy atom. The summed E-state index contributed by atoms with van der Waals surface area (Å²) in [7, 11) is 0. The van der Waals surface area contributed by atoms with Gasteiger partial charge in [0, 0.05) is 55.7 Å². The van der Waals surface area contributed by atoms with E-state index in [0.717, 1.165) is 45.3 Å². The Morgan fingerprint density at radius 1 is 0.486 bits per heavy atom. The summed E-state index contributed by atoms with van der Waals surface area (Å²) in [6, 6.07) is 54.5. The van der Waals surface area contributed by atoms with Gasteiger partial charge in [0.15, 0.2) is 0 Å². The SMILES string of the molecule is Cc1ccc(/C(=C\c2ccc3c(c2)C(C)(C)c2cc(-c4ccncc4)c4oc5ccccc5c4c2-3)Cc2ccc3c(c2)C(C)(C)c2cc4c(cc2-3)C(C)(C)c2ccc3oc5ccccc5c3c2-4)c(C)c1. The number of hydrogen-bond donors (Lipinski definition) is 0. The van der Waals surface area contributed by atoms with Gasteiger partial charge in [-0.3, -0.25) is 4.98 Å². The molecule has 338 valence electrons. The van der Waals surface area contributed by atoms with Crippen molar-refractivity contribution in [1.29, 1.82) is 0 Å². The van der Waals surface area contributed by atoms with Gasteiger partial charge in [0.2, 0.25) is 0 Å². The van der Waals surface area contributed by atoms with Crippen LogP contribution in [0.2, 0.25) is 0 Å². The smallest absolute Gasteiger partial charge is 0.143 e. The highest BCUT2D eigenvalue weighted by Crippen LogP contribution is 2.59. The molecule has 0 unspecified atom stereocenters. The van der Waals surface area contributed by atoms with Crippen molar-refractivity contribution in [3.63, 3.8) is 0 Å². The number of nitrogens with zero attached hydrogens (tertiary/aromatic N) is 1. The van der Waals surface area contributed by atoms with Crippen LogP contribution >= 0.6 is 0 Å². The molecule has 0 radical (unpaired) electrons. The maximum absolute atomic E-state index is 6.74. The van der Waals surface area contributed by atoms with Crippen molar-refractivity contribution < 1.29 is 8.83 Å². The second-order valence-electron chi connectivity index (χ2n) is 22.0. The van der Waals surface area contributed by atoms with Crippen molar-refractivity contribution in [2.45, 2.75) is 78.1 Å². The topological polar surface area (TPSA) is 39.2 Å². The zero-order valence-electron chi connectivity index (χ0n) is 41.1. The van der Waals surface area contributed by atoms with Crippen molar-refractivity contribution in [1.82, 2.24) is 4.98 Å².